The number of ketones is 1. The lowest BCUT2D eigenvalue weighted by Crippen LogP contribution is -2.32. The molecule has 9 heteroatoms. The molecule has 3 rings (SSSR count). The first kappa shape index (κ1) is 24.9. The van der Waals surface area contributed by atoms with Crippen molar-refractivity contribution in [1.29, 1.82) is 0 Å². The summed E-state index contributed by atoms with van der Waals surface area (Å²) in [6, 6.07) is 3.23. The zero-order valence-corrected chi connectivity index (χ0v) is 19.4. The zero-order chi connectivity index (χ0) is 24.2. The third-order valence-corrected chi connectivity index (χ3v) is 5.16. The predicted molar refractivity (Wildman–Crippen MR) is 117 cm³/mol. The van der Waals surface area contributed by atoms with Crippen molar-refractivity contribution in [2.24, 2.45) is 0 Å². The van der Waals surface area contributed by atoms with Gasteiger partial charge in [0.1, 0.15) is 23.2 Å². The number of esters is 1. The van der Waals surface area contributed by atoms with E-state index >= 15 is 0 Å². The normalized spacial score (nSPS) is 27.0. The minimum atomic E-state index is -1.09. The molecule has 2 aliphatic heterocycles. The molecule has 8 nitrogen and oxygen atoms in total. The maximum atomic E-state index is 14.6. The minimum absolute atomic E-state index is 0.000535. The summed E-state index contributed by atoms with van der Waals surface area (Å²) in [4.78, 5) is 25.7. The number of benzene rings is 1. The second-order valence-corrected chi connectivity index (χ2v) is 8.24. The highest BCUT2D eigenvalue weighted by atomic mass is 19.1. The summed E-state index contributed by atoms with van der Waals surface area (Å²) in [7, 11) is 2.96. The Labute approximate surface area is 192 Å². The summed E-state index contributed by atoms with van der Waals surface area (Å²) in [6.07, 6.45) is 2.24. The number of rotatable bonds is 4. The van der Waals surface area contributed by atoms with Crippen LogP contribution >= 0.6 is 0 Å². The van der Waals surface area contributed by atoms with Gasteiger partial charge in [-0.05, 0) is 44.9 Å². The van der Waals surface area contributed by atoms with E-state index in [0.717, 1.165) is 6.08 Å². The van der Waals surface area contributed by atoms with Crippen LogP contribution in [0.5, 0.6) is 11.5 Å². The van der Waals surface area contributed by atoms with E-state index in [9.17, 15) is 14.0 Å². The Balaban J connectivity index is 2.06. The number of carbonyl (C=O) groups is 2. The van der Waals surface area contributed by atoms with Gasteiger partial charge < -0.3 is 28.4 Å². The van der Waals surface area contributed by atoms with E-state index in [2.05, 4.69) is 0 Å². The van der Waals surface area contributed by atoms with Crippen LogP contribution in [-0.2, 0) is 23.7 Å². The average Bonchev–Trinajstić information content (AvgIpc) is 3.08. The first-order valence-electron chi connectivity index (χ1n) is 10.6. The van der Waals surface area contributed by atoms with E-state index in [1.165, 1.54) is 14.2 Å². The zero-order valence-electron chi connectivity index (χ0n) is 19.4. The summed E-state index contributed by atoms with van der Waals surface area (Å²) >= 11 is 0. The van der Waals surface area contributed by atoms with Gasteiger partial charge in [0, 0.05) is 19.6 Å². The van der Waals surface area contributed by atoms with Crippen molar-refractivity contribution < 1.29 is 42.4 Å². The number of carbonyl (C=O) groups excluding carboxylic acids is 2. The number of methoxy groups -OCH3 is 2. The Bertz CT molecular complexity index is 952. The fraction of sp³-hybridized carbons (Fsp3) is 0.500. The van der Waals surface area contributed by atoms with Crippen molar-refractivity contribution in [1.82, 2.24) is 0 Å². The van der Waals surface area contributed by atoms with Gasteiger partial charge in [0.05, 0.1) is 13.2 Å². The van der Waals surface area contributed by atoms with E-state index in [1.54, 1.807) is 45.1 Å². The molecule has 33 heavy (non-hydrogen) atoms. The highest BCUT2D eigenvalue weighted by Gasteiger charge is 2.45. The number of halogens is 1. The molecule has 0 bridgehead atoms. The maximum Gasteiger partial charge on any atom is 0.342 e. The lowest BCUT2D eigenvalue weighted by molar-refractivity contribution is -0.153. The molecule has 0 saturated carbocycles. The van der Waals surface area contributed by atoms with Crippen molar-refractivity contribution in [2.75, 3.05) is 21.0 Å². The molecule has 0 aromatic heterocycles. The second-order valence-electron chi connectivity index (χ2n) is 8.24. The molecule has 2 heterocycles. The largest absolute Gasteiger partial charge is 0.497 e. The third kappa shape index (κ3) is 5.98. The van der Waals surface area contributed by atoms with Crippen LogP contribution < -0.4 is 9.47 Å². The van der Waals surface area contributed by atoms with Crippen molar-refractivity contribution in [2.45, 2.75) is 57.7 Å². The molecule has 0 spiro atoms. The number of hydrogen-bond donors (Lipinski definition) is 0. The Kier molecular flexibility index (Phi) is 7.88. The van der Waals surface area contributed by atoms with Crippen LogP contribution in [-0.4, -0.2) is 56.9 Å². The highest BCUT2D eigenvalue weighted by molar-refractivity contribution is 5.98. The van der Waals surface area contributed by atoms with Gasteiger partial charge in [-0.2, -0.15) is 0 Å². The van der Waals surface area contributed by atoms with Crippen LogP contribution in [0.15, 0.2) is 30.1 Å². The standard InChI is InChI=1S/C24H29FO8/c1-14-9-10-17(25)21(26)22-18(32-24(2,3)33-22)8-6-7-15-11-16(29-5)12-19(30-13-28-4)20(15)23(27)31-14/h6-7,10-12,14,18,22H,8-9,13H2,1-5H3/b7-6?,17-10+/t14?,18-,22?/m0/s1. The fourth-order valence-electron chi connectivity index (χ4n) is 3.67. The second kappa shape index (κ2) is 10.5. The minimum Gasteiger partial charge on any atom is -0.497 e. The smallest absolute Gasteiger partial charge is 0.342 e. The lowest BCUT2D eigenvalue weighted by atomic mass is 10.0. The fourth-order valence-corrected chi connectivity index (χ4v) is 3.67. The number of hydrogen-bond acceptors (Lipinski definition) is 8. The maximum absolute atomic E-state index is 14.6. The van der Waals surface area contributed by atoms with Gasteiger partial charge >= 0.3 is 5.97 Å². The molecule has 1 saturated heterocycles. The molecule has 0 N–H and O–H groups in total. The SMILES string of the molecule is COCOc1cc(OC)cc2c1C(=O)OC(C)C/C=C(/F)C(=O)C1OC(C)(C)O[C@H]1CC=C2. The van der Waals surface area contributed by atoms with Gasteiger partial charge in [-0.15, -0.1) is 0 Å². The predicted octanol–water partition coefficient (Wildman–Crippen LogP) is 3.97. The van der Waals surface area contributed by atoms with Gasteiger partial charge in [0.2, 0.25) is 5.78 Å². The molecular weight excluding hydrogens is 435 g/mol. The van der Waals surface area contributed by atoms with E-state index in [0.29, 0.717) is 11.3 Å². The number of cyclic esters (lactones) is 1. The van der Waals surface area contributed by atoms with Gasteiger partial charge in [-0.3, -0.25) is 4.79 Å². The molecule has 1 fully saturated rings. The summed E-state index contributed by atoms with van der Waals surface area (Å²) in [5.41, 5.74) is 0.659. The van der Waals surface area contributed by atoms with E-state index in [4.69, 9.17) is 28.4 Å². The van der Waals surface area contributed by atoms with Crippen molar-refractivity contribution in [3.63, 3.8) is 0 Å². The van der Waals surface area contributed by atoms with Crippen molar-refractivity contribution >= 4 is 17.8 Å². The highest BCUT2D eigenvalue weighted by Crippen LogP contribution is 2.34. The van der Waals surface area contributed by atoms with E-state index in [1.807, 2.05) is 0 Å². The molecule has 3 atom stereocenters. The van der Waals surface area contributed by atoms with Crippen LogP contribution in [0, 0.1) is 0 Å². The van der Waals surface area contributed by atoms with Crippen LogP contribution in [0.25, 0.3) is 6.08 Å². The molecule has 0 aliphatic carbocycles. The number of ether oxygens (including phenoxy) is 6. The molecule has 0 radical (unpaired) electrons. The molecule has 180 valence electrons. The lowest BCUT2D eigenvalue weighted by Gasteiger charge is -2.18. The summed E-state index contributed by atoms with van der Waals surface area (Å²) in [6.45, 7) is 4.85. The first-order chi connectivity index (χ1) is 15.6. The van der Waals surface area contributed by atoms with Gasteiger partial charge in [0.25, 0.3) is 0 Å². The molecule has 1 aromatic rings. The Morgan fingerprint density at radius 3 is 2.61 bits per heavy atom. The monoisotopic (exact) mass is 464 g/mol. The topological polar surface area (TPSA) is 89.5 Å². The third-order valence-electron chi connectivity index (χ3n) is 5.16. The van der Waals surface area contributed by atoms with Crippen LogP contribution in [0.2, 0.25) is 0 Å². The Hall–Kier alpha value is -2.75. The average molecular weight is 464 g/mol. The van der Waals surface area contributed by atoms with Crippen LogP contribution in [0.3, 0.4) is 0 Å². The van der Waals surface area contributed by atoms with E-state index in [-0.39, 0.29) is 30.9 Å². The number of fused-ring (bicyclic) bond motifs is 2. The van der Waals surface area contributed by atoms with Crippen LogP contribution in [0.1, 0.15) is 49.5 Å². The Morgan fingerprint density at radius 1 is 1.15 bits per heavy atom. The molecule has 1 aromatic carbocycles. The molecular formula is C24H29FO8. The quantitative estimate of drug-likeness (QED) is 0.489. The van der Waals surface area contributed by atoms with Crippen LogP contribution in [0.4, 0.5) is 4.39 Å². The summed E-state index contributed by atoms with van der Waals surface area (Å²) < 4.78 is 47.6. The molecule has 2 unspecified atom stereocenters. The van der Waals surface area contributed by atoms with Gasteiger partial charge in [-0.25, -0.2) is 9.18 Å². The number of Topliss-reactive ketones (excluding diaryl/α,β-unsaturated/α-hetero) is 1. The van der Waals surface area contributed by atoms with Gasteiger partial charge in [-0.1, -0.05) is 12.2 Å². The van der Waals surface area contributed by atoms with Crippen molar-refractivity contribution in [3.8, 4) is 11.5 Å². The summed E-state index contributed by atoms with van der Waals surface area (Å²) in [5.74, 6) is -2.77. The van der Waals surface area contributed by atoms with Gasteiger partial charge in [0.15, 0.2) is 24.5 Å². The molecule has 2 aliphatic rings. The molecule has 0 amide bonds. The van der Waals surface area contributed by atoms with Crippen molar-refractivity contribution in [3.05, 3.63) is 41.2 Å². The van der Waals surface area contributed by atoms with E-state index < -0.39 is 41.7 Å². The first-order valence-corrected chi connectivity index (χ1v) is 10.6. The Morgan fingerprint density at radius 2 is 1.91 bits per heavy atom. The summed E-state index contributed by atoms with van der Waals surface area (Å²) in [5, 5.41) is 0.